The van der Waals surface area contributed by atoms with E-state index in [2.05, 4.69) is 5.32 Å². The van der Waals surface area contributed by atoms with Crippen molar-refractivity contribution in [3.63, 3.8) is 0 Å². The number of halogens is 2. The number of sulfonamides is 1. The van der Waals surface area contributed by atoms with E-state index in [9.17, 15) is 22.4 Å². The molecule has 0 spiro atoms. The molecule has 0 aromatic heterocycles. The van der Waals surface area contributed by atoms with Crippen molar-refractivity contribution in [1.29, 1.82) is 0 Å². The molecule has 0 fully saturated rings. The molecule has 3 rings (SSSR count). The maximum absolute atomic E-state index is 14.5. The first-order valence-electron chi connectivity index (χ1n) is 11.7. The average Bonchev–Trinajstić information content (AvgIpc) is 2.88. The topological polar surface area (TPSA) is 86.8 Å². The summed E-state index contributed by atoms with van der Waals surface area (Å²) in [6.45, 7) is 4.45. The van der Waals surface area contributed by atoms with Gasteiger partial charge in [-0.1, -0.05) is 54.1 Å². The van der Waals surface area contributed by atoms with E-state index in [1.54, 1.807) is 50.2 Å². The zero-order chi connectivity index (χ0) is 27.2. The molecular weight excluding hydrogens is 517 g/mol. The Hall–Kier alpha value is -3.43. The Balaban J connectivity index is 2.07. The first-order valence-corrected chi connectivity index (χ1v) is 13.5. The molecule has 0 aliphatic carbocycles. The van der Waals surface area contributed by atoms with Gasteiger partial charge in [-0.15, -0.1) is 0 Å². The Morgan fingerprint density at radius 2 is 1.68 bits per heavy atom. The Morgan fingerprint density at radius 1 is 1.03 bits per heavy atom. The number of amides is 2. The number of benzene rings is 3. The van der Waals surface area contributed by atoms with Crippen molar-refractivity contribution in [2.24, 2.45) is 0 Å². The molecular formula is C27H29ClFN3O4S. The van der Waals surface area contributed by atoms with Crippen molar-refractivity contribution in [2.45, 2.75) is 38.3 Å². The van der Waals surface area contributed by atoms with Gasteiger partial charge in [0.1, 0.15) is 18.4 Å². The molecule has 196 valence electrons. The van der Waals surface area contributed by atoms with Crippen LogP contribution in [0.5, 0.6) is 0 Å². The molecule has 0 saturated heterocycles. The van der Waals surface area contributed by atoms with E-state index in [0.717, 1.165) is 4.31 Å². The lowest BCUT2D eigenvalue weighted by Crippen LogP contribution is -2.51. The molecule has 10 heteroatoms. The first-order chi connectivity index (χ1) is 17.6. The van der Waals surface area contributed by atoms with Crippen LogP contribution in [0.15, 0.2) is 77.7 Å². The van der Waals surface area contributed by atoms with Gasteiger partial charge in [0.05, 0.1) is 10.6 Å². The largest absolute Gasteiger partial charge is 0.355 e. The molecule has 2 amide bonds. The second-order valence-electron chi connectivity index (χ2n) is 8.44. The van der Waals surface area contributed by atoms with E-state index in [-0.39, 0.29) is 22.7 Å². The summed E-state index contributed by atoms with van der Waals surface area (Å²) in [5.41, 5.74) is 0.999. The Bertz CT molecular complexity index is 1370. The second kappa shape index (κ2) is 12.2. The lowest BCUT2D eigenvalue weighted by atomic mass is 10.1. The molecule has 1 atom stereocenters. The highest BCUT2D eigenvalue weighted by atomic mass is 35.5. The molecule has 0 aliphatic rings. The number of anilines is 1. The van der Waals surface area contributed by atoms with Crippen LogP contribution >= 0.6 is 11.6 Å². The van der Waals surface area contributed by atoms with E-state index in [4.69, 9.17) is 11.6 Å². The van der Waals surface area contributed by atoms with Crippen LogP contribution in [0.25, 0.3) is 0 Å². The molecule has 0 saturated carbocycles. The molecule has 0 radical (unpaired) electrons. The second-order valence-corrected chi connectivity index (χ2v) is 10.7. The summed E-state index contributed by atoms with van der Waals surface area (Å²) in [6.07, 6.45) is 0. The third-order valence-electron chi connectivity index (χ3n) is 5.87. The van der Waals surface area contributed by atoms with E-state index < -0.39 is 40.2 Å². The summed E-state index contributed by atoms with van der Waals surface area (Å²) in [5.74, 6) is -1.66. The summed E-state index contributed by atoms with van der Waals surface area (Å²) in [6, 6.07) is 17.4. The maximum atomic E-state index is 14.5. The van der Waals surface area contributed by atoms with Gasteiger partial charge in [-0.3, -0.25) is 13.9 Å². The maximum Gasteiger partial charge on any atom is 0.264 e. The van der Waals surface area contributed by atoms with E-state index >= 15 is 0 Å². The van der Waals surface area contributed by atoms with E-state index in [1.807, 2.05) is 0 Å². The van der Waals surface area contributed by atoms with Crippen LogP contribution in [0, 0.1) is 12.7 Å². The number of rotatable bonds is 10. The minimum absolute atomic E-state index is 0.0143. The predicted molar refractivity (Wildman–Crippen MR) is 142 cm³/mol. The SMILES string of the molecule is CCNC(=O)[C@H](C)N(Cc1ccccc1F)C(=O)CN(c1cc(Cl)ccc1C)S(=O)(=O)c1ccccc1. The molecule has 3 aromatic carbocycles. The molecule has 0 aliphatic heterocycles. The first kappa shape index (κ1) is 28.1. The Labute approximate surface area is 221 Å². The minimum atomic E-state index is -4.21. The number of nitrogens with one attached hydrogen (secondary N) is 1. The van der Waals surface area contributed by atoms with Crippen LogP contribution in [-0.2, 0) is 26.2 Å². The summed E-state index contributed by atoms with van der Waals surface area (Å²) in [7, 11) is -4.21. The number of hydrogen-bond donors (Lipinski definition) is 1. The van der Waals surface area contributed by atoms with Crippen LogP contribution in [0.1, 0.15) is 25.0 Å². The van der Waals surface area contributed by atoms with E-state index in [1.165, 1.54) is 48.2 Å². The minimum Gasteiger partial charge on any atom is -0.355 e. The molecule has 3 aromatic rings. The predicted octanol–water partition coefficient (Wildman–Crippen LogP) is 4.54. The standard InChI is InChI=1S/C27H29ClFN3O4S/c1-4-30-27(34)20(3)31(17-21-10-8-9-13-24(21)29)26(33)18-32(25-16-22(28)15-14-19(25)2)37(35,36)23-11-6-5-7-12-23/h5-16,20H,4,17-18H2,1-3H3,(H,30,34)/t20-/m0/s1. The van der Waals surface area contributed by atoms with Crippen molar-refractivity contribution in [3.8, 4) is 0 Å². The van der Waals surface area contributed by atoms with Crippen molar-refractivity contribution in [2.75, 3.05) is 17.4 Å². The van der Waals surface area contributed by atoms with Gasteiger partial charge in [0.15, 0.2) is 0 Å². The summed E-state index contributed by atoms with van der Waals surface area (Å²) in [5, 5.41) is 2.95. The fourth-order valence-electron chi connectivity index (χ4n) is 3.80. The zero-order valence-corrected chi connectivity index (χ0v) is 22.4. The smallest absolute Gasteiger partial charge is 0.264 e. The number of nitrogens with zero attached hydrogens (tertiary/aromatic N) is 2. The van der Waals surface area contributed by atoms with E-state index in [0.29, 0.717) is 17.1 Å². The van der Waals surface area contributed by atoms with Gasteiger partial charge < -0.3 is 10.2 Å². The fraction of sp³-hybridized carbons (Fsp3) is 0.259. The van der Waals surface area contributed by atoms with Gasteiger partial charge in [-0.25, -0.2) is 12.8 Å². The van der Waals surface area contributed by atoms with Gasteiger partial charge in [-0.2, -0.15) is 0 Å². The average molecular weight is 546 g/mol. The van der Waals surface area contributed by atoms with Gasteiger partial charge in [0.25, 0.3) is 10.0 Å². The van der Waals surface area contributed by atoms with Crippen molar-refractivity contribution in [1.82, 2.24) is 10.2 Å². The lowest BCUT2D eigenvalue weighted by molar-refractivity contribution is -0.139. The van der Waals surface area contributed by atoms with Gasteiger partial charge in [-0.05, 0) is 56.7 Å². The highest BCUT2D eigenvalue weighted by molar-refractivity contribution is 7.92. The number of likely N-dealkylation sites (N-methyl/N-ethyl adjacent to an activating group) is 1. The highest BCUT2D eigenvalue weighted by Crippen LogP contribution is 2.30. The number of carbonyl (C=O) groups is 2. The molecule has 0 bridgehead atoms. The fourth-order valence-corrected chi connectivity index (χ4v) is 5.46. The Morgan fingerprint density at radius 3 is 2.32 bits per heavy atom. The molecule has 0 heterocycles. The van der Waals surface area contributed by atoms with Gasteiger partial charge in [0, 0.05) is 23.7 Å². The highest BCUT2D eigenvalue weighted by Gasteiger charge is 2.33. The van der Waals surface area contributed by atoms with Crippen molar-refractivity contribution < 1.29 is 22.4 Å². The third kappa shape index (κ3) is 6.67. The lowest BCUT2D eigenvalue weighted by Gasteiger charge is -2.32. The van der Waals surface area contributed by atoms with Crippen LogP contribution in [0.4, 0.5) is 10.1 Å². The zero-order valence-electron chi connectivity index (χ0n) is 20.8. The summed E-state index contributed by atoms with van der Waals surface area (Å²) >= 11 is 6.20. The van der Waals surface area contributed by atoms with Crippen molar-refractivity contribution >= 4 is 39.1 Å². The van der Waals surface area contributed by atoms with Gasteiger partial charge in [0.2, 0.25) is 11.8 Å². The Kier molecular flexibility index (Phi) is 9.29. The summed E-state index contributed by atoms with van der Waals surface area (Å²) < 4.78 is 43.0. The molecule has 0 unspecified atom stereocenters. The normalized spacial score (nSPS) is 12.0. The van der Waals surface area contributed by atoms with Crippen LogP contribution < -0.4 is 9.62 Å². The molecule has 37 heavy (non-hydrogen) atoms. The van der Waals surface area contributed by atoms with Crippen LogP contribution in [0.3, 0.4) is 0 Å². The van der Waals surface area contributed by atoms with Crippen LogP contribution in [0.2, 0.25) is 5.02 Å². The monoisotopic (exact) mass is 545 g/mol. The third-order valence-corrected chi connectivity index (χ3v) is 7.88. The van der Waals surface area contributed by atoms with Crippen molar-refractivity contribution in [3.05, 3.63) is 94.8 Å². The molecule has 7 nitrogen and oxygen atoms in total. The van der Waals surface area contributed by atoms with Crippen LogP contribution in [-0.4, -0.2) is 44.3 Å². The van der Waals surface area contributed by atoms with Gasteiger partial charge >= 0.3 is 0 Å². The number of carbonyl (C=O) groups excluding carboxylic acids is 2. The summed E-state index contributed by atoms with van der Waals surface area (Å²) in [4.78, 5) is 27.6. The quantitative estimate of drug-likeness (QED) is 0.405. The number of hydrogen-bond acceptors (Lipinski definition) is 4. The molecule has 1 N–H and O–H groups in total. The number of aryl methyl sites for hydroxylation is 1.